The second-order valence-electron chi connectivity index (χ2n) is 7.02. The summed E-state index contributed by atoms with van der Waals surface area (Å²) in [7, 11) is 0. The van der Waals surface area contributed by atoms with E-state index in [2.05, 4.69) is 9.88 Å². The molecule has 2 aromatic carbocycles. The Kier molecular flexibility index (Phi) is 5.81. The molecule has 0 N–H and O–H groups in total. The third-order valence-electron chi connectivity index (χ3n) is 5.06. The van der Waals surface area contributed by atoms with E-state index in [4.69, 9.17) is 21.3 Å². The van der Waals surface area contributed by atoms with E-state index in [1.165, 1.54) is 0 Å². The zero-order valence-corrected chi connectivity index (χ0v) is 17.1. The van der Waals surface area contributed by atoms with Gasteiger partial charge in [-0.2, -0.15) is 0 Å². The molecule has 1 amide bonds. The van der Waals surface area contributed by atoms with Crippen LogP contribution in [0.2, 0.25) is 5.02 Å². The van der Waals surface area contributed by atoms with Crippen molar-refractivity contribution in [2.45, 2.75) is 13.3 Å². The highest BCUT2D eigenvalue weighted by atomic mass is 35.5. The standard InChI is InChI=1S/C22H23ClN4O2/c1-16-22(25-19-8-4-3-7-18(19)24-16)27-13-11-26(12-14-27)21(28)10-15-29-20-9-5-2-6-17(20)23/h2-9H,10-15H2,1H3. The first-order valence-electron chi connectivity index (χ1n) is 9.75. The number of hydrogen-bond acceptors (Lipinski definition) is 5. The fraction of sp³-hybridized carbons (Fsp3) is 0.318. The van der Waals surface area contributed by atoms with Crippen molar-refractivity contribution in [2.24, 2.45) is 0 Å². The summed E-state index contributed by atoms with van der Waals surface area (Å²) in [6.07, 6.45) is 0.333. The predicted octanol–water partition coefficient (Wildman–Crippen LogP) is 3.71. The topological polar surface area (TPSA) is 58.6 Å². The quantitative estimate of drug-likeness (QED) is 0.641. The molecule has 0 unspecified atom stereocenters. The number of fused-ring (bicyclic) bond motifs is 1. The maximum absolute atomic E-state index is 12.5. The molecule has 0 aliphatic carbocycles. The summed E-state index contributed by atoms with van der Waals surface area (Å²) in [5.74, 6) is 1.60. The molecular weight excluding hydrogens is 388 g/mol. The Balaban J connectivity index is 1.31. The van der Waals surface area contributed by atoms with E-state index in [9.17, 15) is 4.79 Å². The van der Waals surface area contributed by atoms with Gasteiger partial charge in [-0.05, 0) is 31.2 Å². The van der Waals surface area contributed by atoms with Crippen LogP contribution < -0.4 is 9.64 Å². The molecule has 1 aromatic heterocycles. The fourth-order valence-electron chi connectivity index (χ4n) is 3.51. The van der Waals surface area contributed by atoms with Gasteiger partial charge in [-0.15, -0.1) is 0 Å². The van der Waals surface area contributed by atoms with Gasteiger partial charge in [0.05, 0.1) is 34.8 Å². The van der Waals surface area contributed by atoms with Crippen molar-refractivity contribution in [2.75, 3.05) is 37.7 Å². The van der Waals surface area contributed by atoms with E-state index in [1.54, 1.807) is 12.1 Å². The highest BCUT2D eigenvalue weighted by Gasteiger charge is 2.23. The summed E-state index contributed by atoms with van der Waals surface area (Å²) >= 11 is 6.07. The molecule has 29 heavy (non-hydrogen) atoms. The van der Waals surface area contributed by atoms with Crippen LogP contribution in [0.25, 0.3) is 11.0 Å². The molecular formula is C22H23ClN4O2. The lowest BCUT2D eigenvalue weighted by Gasteiger charge is -2.36. The number of rotatable bonds is 5. The van der Waals surface area contributed by atoms with Gasteiger partial charge in [0.2, 0.25) is 5.91 Å². The summed E-state index contributed by atoms with van der Waals surface area (Å²) in [5, 5.41) is 0.556. The number of aromatic nitrogens is 2. The summed E-state index contributed by atoms with van der Waals surface area (Å²) in [6, 6.07) is 15.2. The number of carbonyl (C=O) groups excluding carboxylic acids is 1. The highest BCUT2D eigenvalue weighted by Crippen LogP contribution is 2.24. The van der Waals surface area contributed by atoms with E-state index in [0.29, 0.717) is 36.9 Å². The van der Waals surface area contributed by atoms with E-state index < -0.39 is 0 Å². The Morgan fingerprint density at radius 2 is 1.66 bits per heavy atom. The molecule has 6 nitrogen and oxygen atoms in total. The van der Waals surface area contributed by atoms with E-state index in [-0.39, 0.29) is 5.91 Å². The van der Waals surface area contributed by atoms with Gasteiger partial charge in [-0.25, -0.2) is 9.97 Å². The average Bonchev–Trinajstić information content (AvgIpc) is 2.74. The number of aryl methyl sites for hydroxylation is 1. The molecule has 0 spiro atoms. The van der Waals surface area contributed by atoms with Crippen molar-refractivity contribution in [1.82, 2.24) is 14.9 Å². The van der Waals surface area contributed by atoms with Crippen LogP contribution in [0.15, 0.2) is 48.5 Å². The maximum Gasteiger partial charge on any atom is 0.226 e. The van der Waals surface area contributed by atoms with E-state index >= 15 is 0 Å². The average molecular weight is 411 g/mol. The third-order valence-corrected chi connectivity index (χ3v) is 5.37. The minimum Gasteiger partial charge on any atom is -0.491 e. The molecule has 0 atom stereocenters. The lowest BCUT2D eigenvalue weighted by atomic mass is 10.2. The predicted molar refractivity (Wildman–Crippen MR) is 115 cm³/mol. The number of hydrogen-bond donors (Lipinski definition) is 0. The number of anilines is 1. The van der Waals surface area contributed by atoms with Crippen LogP contribution in [0.4, 0.5) is 5.82 Å². The highest BCUT2D eigenvalue weighted by molar-refractivity contribution is 6.32. The number of para-hydroxylation sites is 3. The van der Waals surface area contributed by atoms with Crippen molar-refractivity contribution in [1.29, 1.82) is 0 Å². The minimum atomic E-state index is 0.0954. The smallest absolute Gasteiger partial charge is 0.226 e. The molecule has 0 bridgehead atoms. The Bertz CT molecular complexity index is 1020. The van der Waals surface area contributed by atoms with Crippen molar-refractivity contribution < 1.29 is 9.53 Å². The van der Waals surface area contributed by atoms with Gasteiger partial charge < -0.3 is 14.5 Å². The number of nitrogens with zero attached hydrogens (tertiary/aromatic N) is 4. The lowest BCUT2D eigenvalue weighted by Crippen LogP contribution is -2.49. The van der Waals surface area contributed by atoms with Gasteiger partial charge in [0, 0.05) is 26.2 Å². The second-order valence-corrected chi connectivity index (χ2v) is 7.43. The van der Waals surface area contributed by atoms with Crippen LogP contribution in [0.1, 0.15) is 12.1 Å². The number of halogens is 1. The zero-order chi connectivity index (χ0) is 20.2. The van der Waals surface area contributed by atoms with Gasteiger partial charge >= 0.3 is 0 Å². The molecule has 2 heterocycles. The van der Waals surface area contributed by atoms with Crippen LogP contribution in [0, 0.1) is 6.92 Å². The normalized spacial score (nSPS) is 14.3. The van der Waals surface area contributed by atoms with Crippen molar-refractivity contribution in [3.8, 4) is 5.75 Å². The van der Waals surface area contributed by atoms with Crippen molar-refractivity contribution in [3.63, 3.8) is 0 Å². The van der Waals surface area contributed by atoms with Crippen LogP contribution in [-0.2, 0) is 4.79 Å². The minimum absolute atomic E-state index is 0.0954. The number of benzene rings is 2. The first-order chi connectivity index (χ1) is 14.1. The molecule has 150 valence electrons. The van der Waals surface area contributed by atoms with Gasteiger partial charge in [0.15, 0.2) is 5.82 Å². The van der Waals surface area contributed by atoms with Crippen LogP contribution in [-0.4, -0.2) is 53.6 Å². The fourth-order valence-corrected chi connectivity index (χ4v) is 3.70. The Morgan fingerprint density at radius 3 is 2.38 bits per heavy atom. The largest absolute Gasteiger partial charge is 0.491 e. The maximum atomic E-state index is 12.5. The molecule has 3 aromatic rings. The van der Waals surface area contributed by atoms with Gasteiger partial charge in [0.1, 0.15) is 5.75 Å². The van der Waals surface area contributed by atoms with Crippen molar-refractivity contribution >= 4 is 34.4 Å². The van der Waals surface area contributed by atoms with Gasteiger partial charge in [0.25, 0.3) is 0 Å². The molecule has 1 saturated heterocycles. The summed E-state index contributed by atoms with van der Waals surface area (Å²) in [4.78, 5) is 26.1. The van der Waals surface area contributed by atoms with Crippen LogP contribution in [0.5, 0.6) is 5.75 Å². The van der Waals surface area contributed by atoms with Gasteiger partial charge in [-0.1, -0.05) is 35.9 Å². The summed E-state index contributed by atoms with van der Waals surface area (Å²) < 4.78 is 5.64. The van der Waals surface area contributed by atoms with Gasteiger partial charge in [-0.3, -0.25) is 4.79 Å². The number of piperazine rings is 1. The Labute approximate surface area is 175 Å². The van der Waals surface area contributed by atoms with E-state index in [1.807, 2.05) is 48.2 Å². The molecule has 0 radical (unpaired) electrons. The first kappa shape index (κ1) is 19.5. The number of carbonyl (C=O) groups is 1. The molecule has 1 aliphatic heterocycles. The number of ether oxygens (including phenoxy) is 1. The van der Waals surface area contributed by atoms with Crippen LogP contribution >= 0.6 is 11.6 Å². The Morgan fingerprint density at radius 1 is 1.00 bits per heavy atom. The van der Waals surface area contributed by atoms with Crippen molar-refractivity contribution in [3.05, 3.63) is 59.2 Å². The number of amides is 1. The second kappa shape index (κ2) is 8.66. The molecule has 4 rings (SSSR count). The third kappa shape index (κ3) is 4.43. The first-order valence-corrected chi connectivity index (χ1v) is 10.1. The molecule has 1 fully saturated rings. The van der Waals surface area contributed by atoms with Crippen LogP contribution in [0.3, 0.4) is 0 Å². The lowest BCUT2D eigenvalue weighted by molar-refractivity contribution is -0.132. The molecule has 7 heteroatoms. The summed E-state index contributed by atoms with van der Waals surface area (Å²) in [5.41, 5.74) is 2.71. The SMILES string of the molecule is Cc1nc2ccccc2nc1N1CCN(C(=O)CCOc2ccccc2Cl)CC1. The molecule has 0 saturated carbocycles. The monoisotopic (exact) mass is 410 g/mol. The van der Waals surface area contributed by atoms with E-state index in [0.717, 1.165) is 35.6 Å². The Hall–Kier alpha value is -2.86. The molecule has 1 aliphatic rings. The zero-order valence-electron chi connectivity index (χ0n) is 16.3. The summed E-state index contributed by atoms with van der Waals surface area (Å²) in [6.45, 7) is 5.12.